The molecule has 2 heterocycles. The number of rotatable bonds is 3. The predicted octanol–water partition coefficient (Wildman–Crippen LogP) is 2.44. The van der Waals surface area contributed by atoms with E-state index in [1.807, 2.05) is 31.3 Å². The molecule has 1 aliphatic rings. The lowest BCUT2D eigenvalue weighted by Crippen LogP contribution is -2.35. The Balaban J connectivity index is 0.00000120. The van der Waals surface area contributed by atoms with Gasteiger partial charge < -0.3 is 14.6 Å². The second-order valence-corrected chi connectivity index (χ2v) is 4.64. The van der Waals surface area contributed by atoms with Gasteiger partial charge in [-0.3, -0.25) is 0 Å². The van der Waals surface area contributed by atoms with Crippen LogP contribution in [0.1, 0.15) is 12.8 Å². The zero-order valence-corrected chi connectivity index (χ0v) is 11.2. The first-order valence-corrected chi connectivity index (χ1v) is 6.13. The van der Waals surface area contributed by atoms with Crippen molar-refractivity contribution >= 4 is 29.5 Å². The molecule has 4 nitrogen and oxygen atoms in total. The number of oxazole rings is 1. The van der Waals surface area contributed by atoms with Crippen molar-refractivity contribution < 1.29 is 4.42 Å². The minimum absolute atomic E-state index is 0. The van der Waals surface area contributed by atoms with E-state index < -0.39 is 0 Å². The number of nitrogens with one attached hydrogen (secondary N) is 1. The zero-order chi connectivity index (χ0) is 11.7. The maximum Gasteiger partial charge on any atom is 0.298 e. The van der Waals surface area contributed by atoms with Crippen LogP contribution in [0.4, 0.5) is 6.01 Å². The number of para-hydroxylation sites is 2. The van der Waals surface area contributed by atoms with Crippen LogP contribution in [0.2, 0.25) is 0 Å². The highest BCUT2D eigenvalue weighted by atomic mass is 35.5. The Hall–Kier alpha value is -1.26. The summed E-state index contributed by atoms with van der Waals surface area (Å²) in [6.07, 6.45) is 2.51. The average Bonchev–Trinajstić information content (AvgIpc) is 2.96. The Bertz CT molecular complexity index is 475. The van der Waals surface area contributed by atoms with Gasteiger partial charge in [-0.15, -0.1) is 12.4 Å². The normalized spacial score (nSPS) is 18.8. The van der Waals surface area contributed by atoms with Crippen molar-refractivity contribution in [2.45, 2.75) is 18.9 Å². The molecule has 0 saturated carbocycles. The number of aromatic nitrogens is 1. The molecule has 2 aromatic rings. The van der Waals surface area contributed by atoms with Gasteiger partial charge in [0.2, 0.25) is 0 Å². The molecule has 1 aromatic heterocycles. The van der Waals surface area contributed by atoms with E-state index in [9.17, 15) is 0 Å². The molecular formula is C13H18ClN3O. The van der Waals surface area contributed by atoms with Crippen molar-refractivity contribution in [2.75, 3.05) is 25.0 Å². The monoisotopic (exact) mass is 267 g/mol. The van der Waals surface area contributed by atoms with E-state index in [1.54, 1.807) is 0 Å². The van der Waals surface area contributed by atoms with Crippen LogP contribution in [0.15, 0.2) is 28.7 Å². The van der Waals surface area contributed by atoms with E-state index in [0.29, 0.717) is 12.1 Å². The number of anilines is 1. The Morgan fingerprint density at radius 3 is 3.00 bits per heavy atom. The molecule has 1 unspecified atom stereocenters. The molecule has 0 bridgehead atoms. The largest absolute Gasteiger partial charge is 0.423 e. The minimum atomic E-state index is 0. The van der Waals surface area contributed by atoms with Crippen LogP contribution >= 0.6 is 12.4 Å². The summed E-state index contributed by atoms with van der Waals surface area (Å²) in [6.45, 7) is 2.08. The highest BCUT2D eigenvalue weighted by molar-refractivity contribution is 5.85. The first kappa shape index (κ1) is 13.2. The number of halogens is 1. The fourth-order valence-electron chi connectivity index (χ4n) is 2.34. The van der Waals surface area contributed by atoms with Gasteiger partial charge in [0, 0.05) is 19.6 Å². The summed E-state index contributed by atoms with van der Waals surface area (Å²) < 4.78 is 5.73. The van der Waals surface area contributed by atoms with Gasteiger partial charge in [-0.1, -0.05) is 12.1 Å². The molecular weight excluding hydrogens is 250 g/mol. The summed E-state index contributed by atoms with van der Waals surface area (Å²) in [4.78, 5) is 6.57. The lowest BCUT2D eigenvalue weighted by molar-refractivity contribution is 0.541. The minimum Gasteiger partial charge on any atom is -0.423 e. The van der Waals surface area contributed by atoms with Gasteiger partial charge >= 0.3 is 0 Å². The fraction of sp³-hybridized carbons (Fsp3) is 0.462. The summed E-state index contributed by atoms with van der Waals surface area (Å²) >= 11 is 0. The molecule has 3 rings (SSSR count). The van der Waals surface area contributed by atoms with Crippen LogP contribution in [0.3, 0.4) is 0 Å². The molecule has 1 fully saturated rings. The molecule has 1 aromatic carbocycles. The summed E-state index contributed by atoms with van der Waals surface area (Å²) in [6, 6.07) is 9.15. The highest BCUT2D eigenvalue weighted by Gasteiger charge is 2.18. The molecule has 0 spiro atoms. The number of likely N-dealkylation sites (N-methyl/N-ethyl adjacent to an activating group) is 1. The third kappa shape index (κ3) is 2.60. The number of hydrogen-bond acceptors (Lipinski definition) is 4. The zero-order valence-electron chi connectivity index (χ0n) is 10.4. The summed E-state index contributed by atoms with van der Waals surface area (Å²) in [5.41, 5.74) is 1.78. The molecule has 18 heavy (non-hydrogen) atoms. The van der Waals surface area contributed by atoms with Gasteiger partial charge in [0.05, 0.1) is 0 Å². The Kier molecular flexibility index (Phi) is 4.09. The van der Waals surface area contributed by atoms with E-state index in [4.69, 9.17) is 4.42 Å². The van der Waals surface area contributed by atoms with Gasteiger partial charge in [-0.05, 0) is 31.5 Å². The Morgan fingerprint density at radius 2 is 2.28 bits per heavy atom. The van der Waals surface area contributed by atoms with Gasteiger partial charge in [0.1, 0.15) is 5.52 Å². The molecule has 0 amide bonds. The van der Waals surface area contributed by atoms with E-state index in [1.165, 1.54) is 12.8 Å². The number of hydrogen-bond donors (Lipinski definition) is 1. The van der Waals surface area contributed by atoms with Crippen LogP contribution < -0.4 is 10.2 Å². The first-order valence-electron chi connectivity index (χ1n) is 6.13. The summed E-state index contributed by atoms with van der Waals surface area (Å²) in [7, 11) is 2.03. The maximum atomic E-state index is 5.73. The molecule has 1 atom stereocenters. The standard InChI is InChI=1S/C13H17N3O.ClH/c1-16(9-10-5-4-8-14-10)13-15-11-6-2-3-7-12(11)17-13;/h2-3,6-7,10,14H,4-5,8-9H2,1H3;1H. The van der Waals surface area contributed by atoms with Crippen molar-refractivity contribution in [1.82, 2.24) is 10.3 Å². The number of fused-ring (bicyclic) bond motifs is 1. The number of nitrogens with zero attached hydrogens (tertiary/aromatic N) is 2. The summed E-state index contributed by atoms with van der Waals surface area (Å²) in [5.74, 6) is 0. The Labute approximate surface area is 113 Å². The Morgan fingerprint density at radius 1 is 1.44 bits per heavy atom. The molecule has 0 radical (unpaired) electrons. The van der Waals surface area contributed by atoms with Gasteiger partial charge in [0.15, 0.2) is 5.58 Å². The maximum absolute atomic E-state index is 5.73. The lowest BCUT2D eigenvalue weighted by Gasteiger charge is -2.19. The molecule has 5 heteroatoms. The molecule has 1 N–H and O–H groups in total. The van der Waals surface area contributed by atoms with Crippen molar-refractivity contribution in [3.05, 3.63) is 24.3 Å². The van der Waals surface area contributed by atoms with Crippen LogP contribution in [0.5, 0.6) is 0 Å². The van der Waals surface area contributed by atoms with Gasteiger partial charge in [-0.2, -0.15) is 4.98 Å². The second kappa shape index (κ2) is 5.59. The van der Waals surface area contributed by atoms with Gasteiger partial charge in [-0.25, -0.2) is 0 Å². The van der Waals surface area contributed by atoms with E-state index >= 15 is 0 Å². The van der Waals surface area contributed by atoms with Crippen molar-refractivity contribution in [2.24, 2.45) is 0 Å². The first-order chi connectivity index (χ1) is 8.33. The molecule has 98 valence electrons. The molecule has 0 aliphatic carbocycles. The summed E-state index contributed by atoms with van der Waals surface area (Å²) in [5, 5.41) is 3.48. The van der Waals surface area contributed by atoms with E-state index in [0.717, 1.165) is 24.2 Å². The molecule has 1 saturated heterocycles. The topological polar surface area (TPSA) is 41.3 Å². The van der Waals surface area contributed by atoms with Crippen molar-refractivity contribution in [3.8, 4) is 0 Å². The van der Waals surface area contributed by atoms with Crippen LogP contribution in [-0.4, -0.2) is 31.2 Å². The SMILES string of the molecule is CN(CC1CCCN1)c1nc2ccccc2o1.Cl. The highest BCUT2D eigenvalue weighted by Crippen LogP contribution is 2.21. The predicted molar refractivity (Wildman–Crippen MR) is 75.6 cm³/mol. The second-order valence-electron chi connectivity index (χ2n) is 4.64. The smallest absolute Gasteiger partial charge is 0.298 e. The fourth-order valence-corrected chi connectivity index (χ4v) is 2.34. The lowest BCUT2D eigenvalue weighted by atomic mass is 10.2. The van der Waals surface area contributed by atoms with Crippen LogP contribution in [0, 0.1) is 0 Å². The van der Waals surface area contributed by atoms with Gasteiger partial charge in [0.25, 0.3) is 6.01 Å². The van der Waals surface area contributed by atoms with Crippen molar-refractivity contribution in [1.29, 1.82) is 0 Å². The number of benzene rings is 1. The molecule has 1 aliphatic heterocycles. The third-order valence-electron chi connectivity index (χ3n) is 3.27. The third-order valence-corrected chi connectivity index (χ3v) is 3.27. The quantitative estimate of drug-likeness (QED) is 0.927. The van der Waals surface area contributed by atoms with Crippen LogP contribution in [-0.2, 0) is 0 Å². The van der Waals surface area contributed by atoms with Crippen LogP contribution in [0.25, 0.3) is 11.1 Å². The van der Waals surface area contributed by atoms with Crippen molar-refractivity contribution in [3.63, 3.8) is 0 Å². The average molecular weight is 268 g/mol. The van der Waals surface area contributed by atoms with E-state index in [2.05, 4.69) is 15.2 Å². The van der Waals surface area contributed by atoms with E-state index in [-0.39, 0.29) is 12.4 Å².